The number of benzene rings is 1. The smallest absolute Gasteiger partial charge is 0.237 e. The molecule has 7 heteroatoms. The number of carbonyl (C=O) groups excluding carboxylic acids is 1. The van der Waals surface area contributed by atoms with E-state index in [1.165, 1.54) is 11.8 Å². The van der Waals surface area contributed by atoms with E-state index in [0.717, 1.165) is 45.1 Å². The maximum absolute atomic E-state index is 12.8. The highest BCUT2D eigenvalue weighted by Crippen LogP contribution is 2.32. The number of carbonyl (C=O) groups is 1. The van der Waals surface area contributed by atoms with Crippen molar-refractivity contribution in [2.75, 3.05) is 5.32 Å². The number of furan rings is 1. The van der Waals surface area contributed by atoms with E-state index in [9.17, 15) is 4.79 Å². The molecule has 28 heavy (non-hydrogen) atoms. The van der Waals surface area contributed by atoms with Gasteiger partial charge in [0.15, 0.2) is 5.58 Å². The van der Waals surface area contributed by atoms with E-state index in [0.29, 0.717) is 6.42 Å². The molecule has 0 fully saturated rings. The molecule has 0 aliphatic heterocycles. The standard InChI is InChI=1S/C21H22N4O2S/c1-4-18(20(26)22-14-8-6-13(3)7-9-14)28-21-16-12-17-15(10-11-27-17)25(16)19(5-2)23-24-21/h6-12,18H,4-5H2,1-3H3,(H,22,26)/t18-/m0/s1. The normalized spacial score (nSPS) is 12.5. The molecule has 0 unspecified atom stereocenters. The van der Waals surface area contributed by atoms with Gasteiger partial charge in [0.2, 0.25) is 5.91 Å². The van der Waals surface area contributed by atoms with Crippen LogP contribution < -0.4 is 5.32 Å². The molecule has 0 aliphatic rings. The Kier molecular flexibility index (Phi) is 5.09. The van der Waals surface area contributed by atoms with Crippen LogP contribution in [-0.4, -0.2) is 25.8 Å². The van der Waals surface area contributed by atoms with Gasteiger partial charge in [-0.15, -0.1) is 10.2 Å². The molecule has 144 valence electrons. The molecular weight excluding hydrogens is 372 g/mol. The Balaban J connectivity index is 1.63. The summed E-state index contributed by atoms with van der Waals surface area (Å²) in [6, 6.07) is 11.7. The van der Waals surface area contributed by atoms with E-state index >= 15 is 0 Å². The lowest BCUT2D eigenvalue weighted by atomic mass is 10.2. The largest absolute Gasteiger partial charge is 0.463 e. The Labute approximate surface area is 167 Å². The molecule has 0 saturated heterocycles. The van der Waals surface area contributed by atoms with Crippen LogP contribution in [0.4, 0.5) is 5.69 Å². The molecule has 1 atom stereocenters. The molecule has 4 aromatic rings. The van der Waals surface area contributed by atoms with Crippen LogP contribution >= 0.6 is 11.8 Å². The van der Waals surface area contributed by atoms with Gasteiger partial charge in [-0.25, -0.2) is 0 Å². The summed E-state index contributed by atoms with van der Waals surface area (Å²) in [6.07, 6.45) is 3.12. The summed E-state index contributed by atoms with van der Waals surface area (Å²) < 4.78 is 7.63. The summed E-state index contributed by atoms with van der Waals surface area (Å²) in [7, 11) is 0. The van der Waals surface area contributed by atoms with Crippen LogP contribution in [-0.2, 0) is 11.2 Å². The molecule has 0 spiro atoms. The first-order chi connectivity index (χ1) is 13.6. The van der Waals surface area contributed by atoms with Crippen LogP contribution in [0.15, 0.2) is 52.1 Å². The number of hydrogen-bond acceptors (Lipinski definition) is 5. The van der Waals surface area contributed by atoms with Gasteiger partial charge in [0.05, 0.1) is 22.5 Å². The van der Waals surface area contributed by atoms with Crippen molar-refractivity contribution in [2.24, 2.45) is 0 Å². The van der Waals surface area contributed by atoms with E-state index in [2.05, 4.69) is 19.9 Å². The lowest BCUT2D eigenvalue weighted by Gasteiger charge is -2.15. The molecule has 0 saturated carbocycles. The molecule has 6 nitrogen and oxygen atoms in total. The molecule has 1 amide bonds. The zero-order valence-corrected chi connectivity index (χ0v) is 16.9. The molecule has 3 heterocycles. The van der Waals surface area contributed by atoms with E-state index in [-0.39, 0.29) is 11.2 Å². The van der Waals surface area contributed by atoms with E-state index in [4.69, 9.17) is 4.42 Å². The minimum Gasteiger partial charge on any atom is -0.463 e. The Morgan fingerprint density at radius 3 is 2.68 bits per heavy atom. The third kappa shape index (κ3) is 3.38. The van der Waals surface area contributed by atoms with Crippen LogP contribution in [0.5, 0.6) is 0 Å². The van der Waals surface area contributed by atoms with Gasteiger partial charge in [-0.05, 0) is 25.5 Å². The number of aromatic nitrogens is 3. The number of anilines is 1. The van der Waals surface area contributed by atoms with E-state index in [1.807, 2.05) is 57.2 Å². The average Bonchev–Trinajstić information content (AvgIpc) is 3.29. The lowest BCUT2D eigenvalue weighted by molar-refractivity contribution is -0.115. The second kappa shape index (κ2) is 7.67. The average molecular weight is 395 g/mol. The fourth-order valence-corrected chi connectivity index (χ4v) is 4.15. The molecule has 1 aromatic carbocycles. The number of nitrogens with one attached hydrogen (secondary N) is 1. The first-order valence-corrected chi connectivity index (χ1v) is 10.3. The molecule has 0 aliphatic carbocycles. The van der Waals surface area contributed by atoms with Gasteiger partial charge >= 0.3 is 0 Å². The third-order valence-corrected chi connectivity index (χ3v) is 6.05. The highest BCUT2D eigenvalue weighted by atomic mass is 32.2. The molecular formula is C21H22N4O2S. The Hall–Kier alpha value is -2.80. The minimum atomic E-state index is -0.270. The predicted molar refractivity (Wildman–Crippen MR) is 112 cm³/mol. The molecule has 1 N–H and O–H groups in total. The van der Waals surface area contributed by atoms with Crippen molar-refractivity contribution in [2.45, 2.75) is 43.9 Å². The summed E-state index contributed by atoms with van der Waals surface area (Å²) in [5.74, 6) is 0.832. The van der Waals surface area contributed by atoms with E-state index in [1.54, 1.807) is 6.26 Å². The Morgan fingerprint density at radius 1 is 1.18 bits per heavy atom. The van der Waals surface area contributed by atoms with Gasteiger partial charge in [-0.2, -0.15) is 0 Å². The van der Waals surface area contributed by atoms with Crippen molar-refractivity contribution < 1.29 is 9.21 Å². The number of aryl methyl sites for hydroxylation is 2. The summed E-state index contributed by atoms with van der Waals surface area (Å²) in [5, 5.41) is 12.3. The zero-order chi connectivity index (χ0) is 19.7. The summed E-state index contributed by atoms with van der Waals surface area (Å²) >= 11 is 1.44. The SMILES string of the molecule is CCc1nnc(S[C@@H](CC)C(=O)Nc2ccc(C)cc2)c2cc3occc3n12. The van der Waals surface area contributed by atoms with Crippen molar-refractivity contribution in [1.82, 2.24) is 14.6 Å². The Morgan fingerprint density at radius 2 is 1.96 bits per heavy atom. The van der Waals surface area contributed by atoms with Gasteiger partial charge in [-0.3, -0.25) is 9.20 Å². The number of thioether (sulfide) groups is 1. The van der Waals surface area contributed by atoms with Crippen molar-refractivity contribution >= 4 is 40.0 Å². The number of hydrogen-bond donors (Lipinski definition) is 1. The van der Waals surface area contributed by atoms with Crippen molar-refractivity contribution in [3.05, 3.63) is 54.0 Å². The molecule has 0 bridgehead atoms. The van der Waals surface area contributed by atoms with E-state index < -0.39 is 0 Å². The lowest BCUT2D eigenvalue weighted by Crippen LogP contribution is -2.24. The first kappa shape index (κ1) is 18.6. The van der Waals surface area contributed by atoms with Crippen LogP contribution in [0.25, 0.3) is 16.6 Å². The highest BCUT2D eigenvalue weighted by molar-refractivity contribution is 8.00. The topological polar surface area (TPSA) is 72.4 Å². The van der Waals surface area contributed by atoms with Crippen molar-refractivity contribution in [3.8, 4) is 0 Å². The minimum absolute atomic E-state index is 0.0360. The van der Waals surface area contributed by atoms with Crippen LogP contribution in [0, 0.1) is 6.92 Å². The number of nitrogens with zero attached hydrogens (tertiary/aromatic N) is 3. The quantitative estimate of drug-likeness (QED) is 0.473. The van der Waals surface area contributed by atoms with Gasteiger partial charge in [0, 0.05) is 24.2 Å². The monoisotopic (exact) mass is 394 g/mol. The highest BCUT2D eigenvalue weighted by Gasteiger charge is 2.22. The van der Waals surface area contributed by atoms with Crippen LogP contribution in [0.2, 0.25) is 0 Å². The van der Waals surface area contributed by atoms with Gasteiger partial charge in [0.1, 0.15) is 10.9 Å². The Bertz CT molecular complexity index is 1130. The second-order valence-corrected chi connectivity index (χ2v) is 7.87. The first-order valence-electron chi connectivity index (χ1n) is 9.39. The predicted octanol–water partition coefficient (Wildman–Crippen LogP) is 4.86. The van der Waals surface area contributed by atoms with Crippen molar-refractivity contribution in [3.63, 3.8) is 0 Å². The molecule has 4 rings (SSSR count). The summed E-state index contributed by atoms with van der Waals surface area (Å²) in [6.45, 7) is 6.07. The fourth-order valence-electron chi connectivity index (χ4n) is 3.19. The zero-order valence-electron chi connectivity index (χ0n) is 16.1. The van der Waals surface area contributed by atoms with Crippen molar-refractivity contribution in [1.29, 1.82) is 0 Å². The van der Waals surface area contributed by atoms with Gasteiger partial charge < -0.3 is 9.73 Å². The second-order valence-electron chi connectivity index (χ2n) is 6.68. The maximum Gasteiger partial charge on any atom is 0.237 e. The van der Waals surface area contributed by atoms with Gasteiger partial charge in [0.25, 0.3) is 0 Å². The number of fused-ring (bicyclic) bond motifs is 3. The number of rotatable bonds is 6. The molecule has 0 radical (unpaired) electrons. The third-order valence-electron chi connectivity index (χ3n) is 4.71. The molecule has 3 aromatic heterocycles. The maximum atomic E-state index is 12.8. The fraction of sp³-hybridized carbons (Fsp3) is 0.286. The van der Waals surface area contributed by atoms with Gasteiger partial charge in [-0.1, -0.05) is 43.3 Å². The number of amides is 1. The summed E-state index contributed by atoms with van der Waals surface area (Å²) in [4.78, 5) is 12.8. The summed E-state index contributed by atoms with van der Waals surface area (Å²) in [5.41, 5.74) is 4.65. The van der Waals surface area contributed by atoms with Crippen LogP contribution in [0.1, 0.15) is 31.7 Å². The van der Waals surface area contributed by atoms with Crippen LogP contribution in [0.3, 0.4) is 0 Å².